The molecule has 2 aromatic rings. The van der Waals surface area contributed by atoms with Crippen molar-refractivity contribution in [3.05, 3.63) is 41.2 Å². The number of H-pyrrole nitrogens is 1. The number of nitrogens with zero attached hydrogens (tertiary/aromatic N) is 4. The van der Waals surface area contributed by atoms with Gasteiger partial charge in [0.25, 0.3) is 5.91 Å². The second-order valence-electron chi connectivity index (χ2n) is 5.09. The van der Waals surface area contributed by atoms with E-state index in [2.05, 4.69) is 20.2 Å². The van der Waals surface area contributed by atoms with E-state index < -0.39 is 0 Å². The van der Waals surface area contributed by atoms with Crippen molar-refractivity contribution in [1.29, 1.82) is 0 Å². The van der Waals surface area contributed by atoms with Gasteiger partial charge in [-0.1, -0.05) is 0 Å². The Hall–Kier alpha value is -2.28. The van der Waals surface area contributed by atoms with E-state index in [1.165, 1.54) is 0 Å². The minimum atomic E-state index is -0.288. The Morgan fingerprint density at radius 2 is 2.14 bits per heavy atom. The van der Waals surface area contributed by atoms with Crippen LogP contribution in [0.15, 0.2) is 18.3 Å². The van der Waals surface area contributed by atoms with Gasteiger partial charge in [-0.15, -0.1) is 0 Å². The molecule has 3 rings (SSSR count). The molecule has 1 atom stereocenters. The Morgan fingerprint density at radius 3 is 2.81 bits per heavy atom. The number of aromatic amines is 1. The largest absolute Gasteiger partial charge is 0.367 e. The zero-order chi connectivity index (χ0) is 14.8. The van der Waals surface area contributed by atoms with E-state index in [0.29, 0.717) is 31.2 Å². The van der Waals surface area contributed by atoms with Crippen LogP contribution in [0.5, 0.6) is 0 Å². The van der Waals surface area contributed by atoms with Crippen LogP contribution in [0, 0.1) is 13.8 Å². The number of carbonyl (C=O) groups is 1. The molecular formula is C14H17N5O2. The summed E-state index contributed by atoms with van der Waals surface area (Å²) in [6.45, 7) is 5.32. The van der Waals surface area contributed by atoms with Crippen molar-refractivity contribution in [3.63, 3.8) is 0 Å². The van der Waals surface area contributed by atoms with Crippen molar-refractivity contribution in [2.75, 3.05) is 19.7 Å². The third kappa shape index (κ3) is 2.92. The summed E-state index contributed by atoms with van der Waals surface area (Å²) in [7, 11) is 0. The maximum Gasteiger partial charge on any atom is 0.272 e. The molecule has 0 aliphatic carbocycles. The van der Waals surface area contributed by atoms with Crippen molar-refractivity contribution in [3.8, 4) is 0 Å². The molecule has 1 aliphatic rings. The molecule has 0 aromatic carbocycles. The lowest BCUT2D eigenvalue weighted by molar-refractivity contribution is -0.0271. The van der Waals surface area contributed by atoms with Crippen LogP contribution in [0.1, 0.15) is 33.8 Å². The molecule has 7 heteroatoms. The average molecular weight is 287 g/mol. The number of rotatable bonds is 2. The van der Waals surface area contributed by atoms with Gasteiger partial charge >= 0.3 is 0 Å². The standard InChI is InChI=1S/C14H17N5O2/c1-9-7-10(2)17-13(16-9)12-8-19(5-6-21-12)14(20)11-3-4-15-18-11/h3-4,7,12H,5-6,8H2,1-2H3,(H,15,18)/t12-/m1/s1. The maximum absolute atomic E-state index is 12.3. The summed E-state index contributed by atoms with van der Waals surface area (Å²) in [6, 6.07) is 3.58. The number of amides is 1. The lowest BCUT2D eigenvalue weighted by Gasteiger charge is -2.32. The van der Waals surface area contributed by atoms with Gasteiger partial charge < -0.3 is 9.64 Å². The smallest absolute Gasteiger partial charge is 0.272 e. The summed E-state index contributed by atoms with van der Waals surface area (Å²) in [6.07, 6.45) is 1.28. The van der Waals surface area contributed by atoms with Crippen LogP contribution in [0.4, 0.5) is 0 Å². The number of ether oxygens (including phenoxy) is 1. The van der Waals surface area contributed by atoms with E-state index in [-0.39, 0.29) is 12.0 Å². The molecule has 2 aromatic heterocycles. The fraction of sp³-hybridized carbons (Fsp3) is 0.429. The summed E-state index contributed by atoms with van der Waals surface area (Å²) >= 11 is 0. The van der Waals surface area contributed by atoms with E-state index in [1.54, 1.807) is 17.2 Å². The van der Waals surface area contributed by atoms with Gasteiger partial charge in [-0.2, -0.15) is 5.10 Å². The molecule has 1 fully saturated rings. The predicted molar refractivity (Wildman–Crippen MR) is 74.7 cm³/mol. The van der Waals surface area contributed by atoms with Gasteiger partial charge in [0, 0.05) is 24.1 Å². The van der Waals surface area contributed by atoms with E-state index in [9.17, 15) is 4.79 Å². The summed E-state index contributed by atoms with van der Waals surface area (Å²) in [5, 5.41) is 6.50. The molecule has 21 heavy (non-hydrogen) atoms. The first-order valence-corrected chi connectivity index (χ1v) is 6.86. The molecule has 3 heterocycles. The molecule has 1 saturated heterocycles. The van der Waals surface area contributed by atoms with Crippen molar-refractivity contribution in [1.82, 2.24) is 25.1 Å². The summed E-state index contributed by atoms with van der Waals surface area (Å²) in [5.74, 6) is 0.555. The highest BCUT2D eigenvalue weighted by atomic mass is 16.5. The van der Waals surface area contributed by atoms with Gasteiger partial charge in [-0.25, -0.2) is 9.97 Å². The molecule has 0 spiro atoms. The van der Waals surface area contributed by atoms with Crippen LogP contribution < -0.4 is 0 Å². The molecule has 0 bridgehead atoms. The summed E-state index contributed by atoms with van der Waals surface area (Å²) in [5.41, 5.74) is 2.29. The van der Waals surface area contributed by atoms with Gasteiger partial charge in [0.1, 0.15) is 11.8 Å². The second kappa shape index (κ2) is 5.61. The molecule has 1 aliphatic heterocycles. The fourth-order valence-electron chi connectivity index (χ4n) is 2.43. The summed E-state index contributed by atoms with van der Waals surface area (Å²) < 4.78 is 5.73. The Balaban J connectivity index is 1.78. The fourth-order valence-corrected chi connectivity index (χ4v) is 2.43. The number of hydrogen-bond donors (Lipinski definition) is 1. The normalized spacial score (nSPS) is 18.8. The van der Waals surface area contributed by atoms with E-state index in [0.717, 1.165) is 11.4 Å². The molecule has 7 nitrogen and oxygen atoms in total. The number of nitrogens with one attached hydrogen (secondary N) is 1. The van der Waals surface area contributed by atoms with E-state index in [4.69, 9.17) is 4.74 Å². The number of hydrogen-bond acceptors (Lipinski definition) is 5. The Labute approximate surface area is 122 Å². The zero-order valence-corrected chi connectivity index (χ0v) is 12.0. The first-order valence-electron chi connectivity index (χ1n) is 6.86. The molecule has 110 valence electrons. The number of aromatic nitrogens is 4. The number of carbonyl (C=O) groups excluding carboxylic acids is 1. The number of morpholine rings is 1. The molecular weight excluding hydrogens is 270 g/mol. The third-order valence-electron chi connectivity index (χ3n) is 3.37. The Kier molecular flexibility index (Phi) is 3.66. The molecule has 0 radical (unpaired) electrons. The third-order valence-corrected chi connectivity index (χ3v) is 3.37. The van der Waals surface area contributed by atoms with E-state index in [1.807, 2.05) is 19.9 Å². The lowest BCUT2D eigenvalue weighted by Crippen LogP contribution is -2.42. The van der Waals surface area contributed by atoms with Crippen molar-refractivity contribution >= 4 is 5.91 Å². The SMILES string of the molecule is Cc1cc(C)nc([C@H]2CN(C(=O)c3ccn[nH]3)CCO2)n1. The van der Waals surface area contributed by atoms with Crippen LogP contribution in [-0.4, -0.2) is 50.7 Å². The molecule has 0 saturated carbocycles. The van der Waals surface area contributed by atoms with Crippen molar-refractivity contribution in [2.45, 2.75) is 20.0 Å². The first kappa shape index (κ1) is 13.7. The van der Waals surface area contributed by atoms with Crippen LogP contribution in [0.2, 0.25) is 0 Å². The Bertz CT molecular complexity index is 621. The van der Waals surface area contributed by atoms with Gasteiger partial charge in [0.2, 0.25) is 0 Å². The predicted octanol–water partition coefficient (Wildman–Crippen LogP) is 1.03. The van der Waals surface area contributed by atoms with Crippen LogP contribution >= 0.6 is 0 Å². The maximum atomic E-state index is 12.3. The van der Waals surface area contributed by atoms with E-state index >= 15 is 0 Å². The molecule has 1 N–H and O–H groups in total. The van der Waals surface area contributed by atoms with Crippen LogP contribution in [0.3, 0.4) is 0 Å². The molecule has 0 unspecified atom stereocenters. The highest BCUT2D eigenvalue weighted by molar-refractivity contribution is 5.92. The van der Waals surface area contributed by atoms with Crippen LogP contribution in [-0.2, 0) is 4.74 Å². The quantitative estimate of drug-likeness (QED) is 0.892. The van der Waals surface area contributed by atoms with Gasteiger partial charge in [0.15, 0.2) is 5.82 Å². The average Bonchev–Trinajstić information content (AvgIpc) is 3.00. The zero-order valence-electron chi connectivity index (χ0n) is 12.0. The van der Waals surface area contributed by atoms with Gasteiger partial charge in [0.05, 0.1) is 13.2 Å². The second-order valence-corrected chi connectivity index (χ2v) is 5.09. The number of aryl methyl sites for hydroxylation is 2. The van der Waals surface area contributed by atoms with Gasteiger partial charge in [-0.05, 0) is 26.0 Å². The summed E-state index contributed by atoms with van der Waals surface area (Å²) in [4.78, 5) is 22.9. The first-order chi connectivity index (χ1) is 10.1. The highest BCUT2D eigenvalue weighted by Gasteiger charge is 2.28. The van der Waals surface area contributed by atoms with Gasteiger partial charge in [-0.3, -0.25) is 9.89 Å². The lowest BCUT2D eigenvalue weighted by atomic mass is 10.2. The topological polar surface area (TPSA) is 84.0 Å². The van der Waals surface area contributed by atoms with Crippen molar-refractivity contribution < 1.29 is 9.53 Å². The van der Waals surface area contributed by atoms with Crippen LogP contribution in [0.25, 0.3) is 0 Å². The molecule has 1 amide bonds. The van der Waals surface area contributed by atoms with Crippen molar-refractivity contribution in [2.24, 2.45) is 0 Å². The monoisotopic (exact) mass is 287 g/mol. The minimum absolute atomic E-state index is 0.0785. The minimum Gasteiger partial charge on any atom is -0.367 e. The Morgan fingerprint density at radius 1 is 1.38 bits per heavy atom. The highest BCUT2D eigenvalue weighted by Crippen LogP contribution is 2.20.